The van der Waals surface area contributed by atoms with Crippen LogP contribution >= 0.6 is 35.8 Å². The Morgan fingerprint density at radius 1 is 1.56 bits per heavy atom. The molecule has 1 aliphatic carbocycles. The molecule has 0 unspecified atom stereocenters. The molecule has 0 amide bonds. The molecule has 0 aliphatic heterocycles. The van der Waals surface area contributed by atoms with Crippen LogP contribution < -0.4 is 0 Å². The number of hydrogen-bond donors (Lipinski definition) is 1. The van der Waals surface area contributed by atoms with Crippen LogP contribution in [0.1, 0.15) is 22.8 Å². The molecule has 2 aromatic rings. The molecule has 2 aromatic heterocycles. The Bertz CT molecular complexity index is 543. The highest BCUT2D eigenvalue weighted by molar-refractivity contribution is 7.75. The van der Waals surface area contributed by atoms with Crippen LogP contribution in [-0.2, 0) is 10.6 Å². The van der Waals surface area contributed by atoms with Crippen molar-refractivity contribution in [3.8, 4) is 0 Å². The second kappa shape index (κ2) is 4.14. The summed E-state index contributed by atoms with van der Waals surface area (Å²) in [4.78, 5) is 10.7. The third kappa shape index (κ3) is 1.54. The van der Waals surface area contributed by atoms with E-state index in [9.17, 15) is 0 Å². The van der Waals surface area contributed by atoms with E-state index in [1.54, 1.807) is 11.3 Å². The number of halogens is 1. The van der Waals surface area contributed by atoms with Crippen LogP contribution in [0.15, 0.2) is 6.33 Å². The van der Waals surface area contributed by atoms with E-state index in [0.29, 0.717) is 17.7 Å². The summed E-state index contributed by atoms with van der Waals surface area (Å²) in [6, 6.07) is 0. The van der Waals surface area contributed by atoms with E-state index in [4.69, 9.17) is 15.8 Å². The number of nitrogens with zero attached hydrogens (tertiary/aromatic N) is 2. The van der Waals surface area contributed by atoms with Gasteiger partial charge in [0.2, 0.25) is 0 Å². The maximum Gasteiger partial charge on any atom is 0.141 e. The zero-order valence-corrected chi connectivity index (χ0v) is 10.8. The first kappa shape index (κ1) is 10.8. The van der Waals surface area contributed by atoms with Gasteiger partial charge in [-0.25, -0.2) is 9.97 Å². The summed E-state index contributed by atoms with van der Waals surface area (Å²) < 4.78 is 4.96. The lowest BCUT2D eigenvalue weighted by Gasteiger charge is -2.08. The molecule has 0 N–H and O–H groups in total. The summed E-state index contributed by atoms with van der Waals surface area (Å²) in [6.45, 7) is 0.618. The van der Waals surface area contributed by atoms with Crippen molar-refractivity contribution < 1.29 is 4.18 Å². The smallest absolute Gasteiger partial charge is 0.141 e. The van der Waals surface area contributed by atoms with Gasteiger partial charge in [-0.05, 0) is 31.3 Å². The first-order valence-corrected chi connectivity index (χ1v) is 6.55. The van der Waals surface area contributed by atoms with Crippen molar-refractivity contribution >= 4 is 46.1 Å². The van der Waals surface area contributed by atoms with Crippen molar-refractivity contribution in [2.24, 2.45) is 0 Å². The fourth-order valence-electron chi connectivity index (χ4n) is 2.29. The molecular formula is C10H9ClN2OS2. The molecule has 0 saturated heterocycles. The maximum atomic E-state index is 6.14. The number of hydrogen-bond acceptors (Lipinski definition) is 5. The van der Waals surface area contributed by atoms with Crippen LogP contribution in [0.25, 0.3) is 10.2 Å². The molecule has 3 rings (SSSR count). The quantitative estimate of drug-likeness (QED) is 0.518. The van der Waals surface area contributed by atoms with Gasteiger partial charge in [0.1, 0.15) is 16.3 Å². The predicted molar refractivity (Wildman–Crippen MR) is 68.4 cm³/mol. The molecule has 1 atom stereocenters. The molecule has 0 saturated carbocycles. The third-order valence-corrected chi connectivity index (χ3v) is 4.57. The van der Waals surface area contributed by atoms with Gasteiger partial charge in [-0.15, -0.1) is 11.3 Å². The van der Waals surface area contributed by atoms with Crippen LogP contribution in [-0.4, -0.2) is 16.6 Å². The molecule has 0 spiro atoms. The van der Waals surface area contributed by atoms with Gasteiger partial charge < -0.3 is 4.18 Å². The number of thiophene rings is 1. The summed E-state index contributed by atoms with van der Waals surface area (Å²) >= 11 is 11.7. The predicted octanol–water partition coefficient (Wildman–Crippen LogP) is 3.24. The molecular weight excluding hydrogens is 264 g/mol. The van der Waals surface area contributed by atoms with E-state index >= 15 is 0 Å². The minimum absolute atomic E-state index is 0.379. The third-order valence-electron chi connectivity index (χ3n) is 2.96. The second-order valence-corrected chi connectivity index (χ2v) is 5.51. The number of aryl methyl sites for hydroxylation is 1. The molecule has 0 bridgehead atoms. The van der Waals surface area contributed by atoms with Gasteiger partial charge in [0, 0.05) is 10.8 Å². The summed E-state index contributed by atoms with van der Waals surface area (Å²) in [5, 5.41) is 1.56. The van der Waals surface area contributed by atoms with Crippen LogP contribution in [0.4, 0.5) is 0 Å². The maximum absolute atomic E-state index is 6.14. The Kier molecular flexibility index (Phi) is 2.79. The minimum atomic E-state index is 0.379. The van der Waals surface area contributed by atoms with E-state index < -0.39 is 0 Å². The monoisotopic (exact) mass is 272 g/mol. The number of thiol groups is 1. The molecule has 16 heavy (non-hydrogen) atoms. The molecule has 0 aromatic carbocycles. The zero-order valence-electron chi connectivity index (χ0n) is 8.31. The van der Waals surface area contributed by atoms with Crippen molar-refractivity contribution in [3.05, 3.63) is 21.9 Å². The van der Waals surface area contributed by atoms with Crippen molar-refractivity contribution in [3.63, 3.8) is 0 Å². The lowest BCUT2D eigenvalue weighted by atomic mass is 10.0. The molecule has 0 radical (unpaired) electrons. The van der Waals surface area contributed by atoms with E-state index in [1.165, 1.54) is 16.8 Å². The Balaban J connectivity index is 2.22. The Morgan fingerprint density at radius 2 is 2.44 bits per heavy atom. The lowest BCUT2D eigenvalue weighted by molar-refractivity contribution is 0.342. The van der Waals surface area contributed by atoms with Gasteiger partial charge in [0.25, 0.3) is 0 Å². The highest BCUT2D eigenvalue weighted by Gasteiger charge is 2.29. The summed E-state index contributed by atoms with van der Waals surface area (Å²) in [6.07, 6.45) is 3.69. The number of aromatic nitrogens is 2. The summed E-state index contributed by atoms with van der Waals surface area (Å²) in [5.41, 5.74) is 1.28. The molecule has 3 nitrogen and oxygen atoms in total. The normalized spacial score (nSPS) is 19.2. The topological polar surface area (TPSA) is 35.0 Å². The van der Waals surface area contributed by atoms with Crippen molar-refractivity contribution in [1.82, 2.24) is 9.97 Å². The highest BCUT2D eigenvalue weighted by Crippen LogP contribution is 2.45. The number of rotatable bonds is 2. The van der Waals surface area contributed by atoms with Gasteiger partial charge >= 0.3 is 0 Å². The lowest BCUT2D eigenvalue weighted by Crippen LogP contribution is -2.00. The van der Waals surface area contributed by atoms with Crippen molar-refractivity contribution in [1.29, 1.82) is 0 Å². The second-order valence-electron chi connectivity index (χ2n) is 3.81. The fraction of sp³-hybridized carbons (Fsp3) is 0.400. The number of fused-ring (bicyclic) bond motifs is 3. The SMILES string of the molecule is SOC[C@H]1CCc2sc3ncnc(Cl)c3c21. The van der Waals surface area contributed by atoms with Crippen LogP contribution in [0, 0.1) is 0 Å². The first-order valence-electron chi connectivity index (χ1n) is 4.99. The molecule has 1 aliphatic rings. The minimum Gasteiger partial charge on any atom is -0.318 e. The van der Waals surface area contributed by atoms with Crippen LogP contribution in [0.2, 0.25) is 5.15 Å². The van der Waals surface area contributed by atoms with Gasteiger partial charge in [-0.1, -0.05) is 11.6 Å². The summed E-state index contributed by atoms with van der Waals surface area (Å²) in [5.74, 6) is 0.379. The molecule has 6 heteroatoms. The first-order chi connectivity index (χ1) is 7.81. The van der Waals surface area contributed by atoms with Crippen molar-refractivity contribution in [2.45, 2.75) is 18.8 Å². The van der Waals surface area contributed by atoms with Gasteiger partial charge in [-0.2, -0.15) is 0 Å². The highest BCUT2D eigenvalue weighted by atomic mass is 35.5. The molecule has 2 heterocycles. The summed E-state index contributed by atoms with van der Waals surface area (Å²) in [7, 11) is 0. The average Bonchev–Trinajstić information content (AvgIpc) is 2.79. The van der Waals surface area contributed by atoms with E-state index in [1.807, 2.05) is 0 Å². The van der Waals surface area contributed by atoms with E-state index in [2.05, 4.69) is 22.9 Å². The largest absolute Gasteiger partial charge is 0.318 e. The zero-order chi connectivity index (χ0) is 11.1. The standard InChI is InChI=1S/C10H9ClN2OS2/c11-9-8-7-5(3-14-15)1-2-6(7)16-10(8)13-4-12-9/h4-5,15H,1-3H2/t5-/m1/s1. The van der Waals surface area contributed by atoms with Gasteiger partial charge in [-0.3, -0.25) is 0 Å². The van der Waals surface area contributed by atoms with Gasteiger partial charge in [0.15, 0.2) is 0 Å². The van der Waals surface area contributed by atoms with E-state index in [0.717, 1.165) is 23.1 Å². The Hall–Kier alpha value is -0.360. The Labute approximate surface area is 107 Å². The van der Waals surface area contributed by atoms with Crippen LogP contribution in [0.5, 0.6) is 0 Å². The fourth-order valence-corrected chi connectivity index (χ4v) is 4.00. The Morgan fingerprint density at radius 3 is 3.25 bits per heavy atom. The van der Waals surface area contributed by atoms with Crippen LogP contribution in [0.3, 0.4) is 0 Å². The molecule has 84 valence electrons. The van der Waals surface area contributed by atoms with E-state index in [-0.39, 0.29) is 0 Å². The van der Waals surface area contributed by atoms with Gasteiger partial charge in [0.05, 0.1) is 12.0 Å². The van der Waals surface area contributed by atoms with Crippen molar-refractivity contribution in [2.75, 3.05) is 6.61 Å². The average molecular weight is 273 g/mol. The molecule has 0 fully saturated rings.